The van der Waals surface area contributed by atoms with Gasteiger partial charge in [-0.15, -0.1) is 0 Å². The first kappa shape index (κ1) is 13.9. The van der Waals surface area contributed by atoms with Gasteiger partial charge in [0.05, 0.1) is 11.5 Å². The molecule has 2 unspecified atom stereocenters. The summed E-state index contributed by atoms with van der Waals surface area (Å²) >= 11 is 0. The first-order valence-electron chi connectivity index (χ1n) is 6.11. The molecule has 0 aromatic carbocycles. The third kappa shape index (κ3) is 4.39. The van der Waals surface area contributed by atoms with Crippen molar-refractivity contribution >= 4 is 9.84 Å². The first-order valence-corrected chi connectivity index (χ1v) is 7.93. The Morgan fingerprint density at radius 2 is 2.12 bits per heavy atom. The van der Waals surface area contributed by atoms with Crippen molar-refractivity contribution in [3.05, 3.63) is 0 Å². The highest BCUT2D eigenvalue weighted by Crippen LogP contribution is 2.16. The monoisotopic (exact) mass is 248 g/mol. The summed E-state index contributed by atoms with van der Waals surface area (Å²) in [5.41, 5.74) is 5.94. The number of hydrogen-bond donors (Lipinski definition) is 1. The highest BCUT2D eigenvalue weighted by atomic mass is 32.2. The molecule has 1 aliphatic rings. The largest absolute Gasteiger partial charge is 0.328 e. The van der Waals surface area contributed by atoms with Gasteiger partial charge in [0.1, 0.15) is 0 Å². The van der Waals surface area contributed by atoms with Crippen LogP contribution in [0.1, 0.15) is 32.6 Å². The van der Waals surface area contributed by atoms with Crippen molar-refractivity contribution in [1.29, 1.82) is 0 Å². The summed E-state index contributed by atoms with van der Waals surface area (Å²) in [6.45, 7) is 3.04. The minimum absolute atomic E-state index is 0.207. The Kier molecular flexibility index (Phi) is 5.21. The minimum atomic E-state index is -2.76. The zero-order valence-electron chi connectivity index (χ0n) is 10.4. The number of nitrogens with zero attached hydrogens (tertiary/aromatic N) is 1. The fourth-order valence-corrected chi connectivity index (χ4v) is 4.00. The van der Waals surface area contributed by atoms with Gasteiger partial charge in [-0.2, -0.15) is 0 Å². The molecular weight excluding hydrogens is 224 g/mol. The molecule has 0 amide bonds. The van der Waals surface area contributed by atoms with Crippen molar-refractivity contribution in [2.24, 2.45) is 5.73 Å². The number of sulfone groups is 1. The molecule has 0 radical (unpaired) electrons. The lowest BCUT2D eigenvalue weighted by Crippen LogP contribution is -2.36. The third-order valence-electron chi connectivity index (χ3n) is 3.34. The molecular formula is C11H24N2O2S. The first-order chi connectivity index (χ1) is 7.44. The fourth-order valence-electron chi connectivity index (χ4n) is 2.19. The molecule has 1 heterocycles. The van der Waals surface area contributed by atoms with E-state index in [1.54, 1.807) is 0 Å². The topological polar surface area (TPSA) is 63.4 Å². The summed E-state index contributed by atoms with van der Waals surface area (Å²) < 4.78 is 22.7. The van der Waals surface area contributed by atoms with Crippen LogP contribution in [0.2, 0.25) is 0 Å². The van der Waals surface area contributed by atoms with Crippen LogP contribution in [0.3, 0.4) is 0 Å². The van der Waals surface area contributed by atoms with Gasteiger partial charge in [-0.05, 0) is 32.9 Å². The van der Waals surface area contributed by atoms with E-state index in [0.29, 0.717) is 11.5 Å². The van der Waals surface area contributed by atoms with Crippen LogP contribution >= 0.6 is 0 Å². The Hall–Kier alpha value is -0.130. The Labute approximate surface area is 99.1 Å². The molecule has 1 rings (SSSR count). The van der Waals surface area contributed by atoms with E-state index in [-0.39, 0.29) is 12.1 Å². The Morgan fingerprint density at radius 3 is 2.62 bits per heavy atom. The van der Waals surface area contributed by atoms with Crippen molar-refractivity contribution in [2.75, 3.05) is 25.1 Å². The van der Waals surface area contributed by atoms with Crippen LogP contribution in [0.4, 0.5) is 0 Å². The average molecular weight is 248 g/mol. The van der Waals surface area contributed by atoms with Crippen LogP contribution in [0.5, 0.6) is 0 Å². The van der Waals surface area contributed by atoms with Gasteiger partial charge >= 0.3 is 0 Å². The molecule has 0 aliphatic carbocycles. The van der Waals surface area contributed by atoms with Crippen LogP contribution in [-0.2, 0) is 9.84 Å². The predicted octanol–water partition coefficient (Wildman–Crippen LogP) is 0.623. The molecule has 0 saturated carbocycles. The van der Waals surface area contributed by atoms with E-state index >= 15 is 0 Å². The van der Waals surface area contributed by atoms with Gasteiger partial charge in [-0.25, -0.2) is 8.42 Å². The van der Waals surface area contributed by atoms with Crippen molar-refractivity contribution in [1.82, 2.24) is 4.90 Å². The number of nitrogens with two attached hydrogens (primary N) is 1. The zero-order valence-corrected chi connectivity index (χ0v) is 11.2. The normalized spacial score (nSPS) is 26.1. The summed E-state index contributed by atoms with van der Waals surface area (Å²) in [4.78, 5) is 2.15. The summed E-state index contributed by atoms with van der Waals surface area (Å²) in [6.07, 6.45) is 3.90. The van der Waals surface area contributed by atoms with E-state index in [9.17, 15) is 8.42 Å². The lowest BCUT2D eigenvalue weighted by atomic mass is 10.1. The number of rotatable bonds is 6. The van der Waals surface area contributed by atoms with Crippen molar-refractivity contribution in [3.63, 3.8) is 0 Å². The Balaban J connectivity index is 2.28. The van der Waals surface area contributed by atoms with E-state index in [2.05, 4.69) is 11.8 Å². The van der Waals surface area contributed by atoms with Gasteiger partial charge in [-0.3, -0.25) is 0 Å². The molecule has 1 saturated heterocycles. The van der Waals surface area contributed by atoms with Crippen molar-refractivity contribution < 1.29 is 8.42 Å². The molecule has 1 fully saturated rings. The van der Waals surface area contributed by atoms with Gasteiger partial charge in [0, 0.05) is 12.1 Å². The quantitative estimate of drug-likeness (QED) is 0.748. The number of hydrogen-bond acceptors (Lipinski definition) is 4. The summed E-state index contributed by atoms with van der Waals surface area (Å²) in [5, 5.41) is 0. The van der Waals surface area contributed by atoms with Gasteiger partial charge in [0.2, 0.25) is 0 Å². The van der Waals surface area contributed by atoms with Crippen LogP contribution in [0.15, 0.2) is 0 Å². The second-order valence-electron chi connectivity index (χ2n) is 4.87. The maximum absolute atomic E-state index is 11.3. The molecule has 5 heteroatoms. The predicted molar refractivity (Wildman–Crippen MR) is 67.2 cm³/mol. The second kappa shape index (κ2) is 5.98. The summed E-state index contributed by atoms with van der Waals surface area (Å²) in [5.74, 6) is 0.676. The molecule has 96 valence electrons. The Morgan fingerprint density at radius 1 is 1.44 bits per heavy atom. The molecule has 0 spiro atoms. The molecule has 1 aliphatic heterocycles. The highest BCUT2D eigenvalue weighted by molar-refractivity contribution is 7.91. The summed E-state index contributed by atoms with van der Waals surface area (Å²) in [7, 11) is -0.758. The SMILES string of the molecule is CCCC(N)CCN(C)C1CCS(=O)(=O)C1. The van der Waals surface area contributed by atoms with Crippen LogP contribution < -0.4 is 5.73 Å². The Bertz CT molecular complexity index is 303. The van der Waals surface area contributed by atoms with Gasteiger partial charge in [0.15, 0.2) is 9.84 Å². The molecule has 16 heavy (non-hydrogen) atoms. The van der Waals surface area contributed by atoms with Crippen molar-refractivity contribution in [3.8, 4) is 0 Å². The lowest BCUT2D eigenvalue weighted by Gasteiger charge is -2.24. The standard InChI is InChI=1S/C11H24N2O2S/c1-3-4-10(12)5-7-13(2)11-6-8-16(14,15)9-11/h10-11H,3-9,12H2,1-2H3. The van der Waals surface area contributed by atoms with Gasteiger partial charge in [0.25, 0.3) is 0 Å². The van der Waals surface area contributed by atoms with Crippen LogP contribution in [-0.4, -0.2) is 50.5 Å². The smallest absolute Gasteiger partial charge is 0.151 e. The summed E-state index contributed by atoms with van der Waals surface area (Å²) in [6, 6.07) is 0.462. The zero-order chi connectivity index (χ0) is 12.2. The fraction of sp³-hybridized carbons (Fsp3) is 1.00. The molecule has 0 bridgehead atoms. The van der Waals surface area contributed by atoms with E-state index in [1.165, 1.54) is 0 Å². The second-order valence-corrected chi connectivity index (χ2v) is 7.10. The van der Waals surface area contributed by atoms with E-state index in [4.69, 9.17) is 5.73 Å². The van der Waals surface area contributed by atoms with Crippen LogP contribution in [0, 0.1) is 0 Å². The molecule has 2 N–H and O–H groups in total. The van der Waals surface area contributed by atoms with Gasteiger partial charge in [-0.1, -0.05) is 13.3 Å². The lowest BCUT2D eigenvalue weighted by molar-refractivity contribution is 0.250. The minimum Gasteiger partial charge on any atom is -0.328 e. The molecule has 0 aromatic rings. The maximum Gasteiger partial charge on any atom is 0.151 e. The maximum atomic E-state index is 11.3. The van der Waals surface area contributed by atoms with Crippen LogP contribution in [0.25, 0.3) is 0 Å². The van der Waals surface area contributed by atoms with E-state index in [0.717, 1.165) is 32.2 Å². The molecule has 2 atom stereocenters. The molecule has 0 aromatic heterocycles. The van der Waals surface area contributed by atoms with Crippen molar-refractivity contribution in [2.45, 2.75) is 44.7 Å². The van der Waals surface area contributed by atoms with E-state index in [1.807, 2.05) is 7.05 Å². The average Bonchev–Trinajstić information content (AvgIpc) is 2.56. The molecule has 4 nitrogen and oxygen atoms in total. The van der Waals surface area contributed by atoms with Gasteiger partial charge < -0.3 is 10.6 Å². The highest BCUT2D eigenvalue weighted by Gasteiger charge is 2.30. The third-order valence-corrected chi connectivity index (χ3v) is 5.09. The van der Waals surface area contributed by atoms with E-state index < -0.39 is 9.84 Å².